The molecule has 6 heteroatoms. The molecule has 1 atom stereocenters. The van der Waals surface area contributed by atoms with Gasteiger partial charge in [-0.25, -0.2) is 9.67 Å². The highest BCUT2D eigenvalue weighted by Crippen LogP contribution is 2.22. The van der Waals surface area contributed by atoms with Crippen molar-refractivity contribution < 1.29 is 9.90 Å². The van der Waals surface area contributed by atoms with Crippen LogP contribution >= 0.6 is 11.8 Å². The maximum absolute atomic E-state index is 10.3. The molecule has 78 valence electrons. The summed E-state index contributed by atoms with van der Waals surface area (Å²) in [5.41, 5.74) is 0. The number of hydrogen-bond acceptors (Lipinski definition) is 4. The van der Waals surface area contributed by atoms with Crippen LogP contribution in [0.25, 0.3) is 0 Å². The molecular formula is C8H13N3O2S. The van der Waals surface area contributed by atoms with Crippen molar-refractivity contribution in [1.82, 2.24) is 14.8 Å². The van der Waals surface area contributed by atoms with Gasteiger partial charge in [-0.3, -0.25) is 4.79 Å². The maximum Gasteiger partial charge on any atom is 0.303 e. The van der Waals surface area contributed by atoms with E-state index in [2.05, 4.69) is 10.1 Å². The SMILES string of the molecule is CC(CCC(=O)O)Sc1ncnn1C. The second kappa shape index (κ2) is 4.99. The Bertz CT molecular complexity index is 313. The van der Waals surface area contributed by atoms with Gasteiger partial charge in [0.05, 0.1) is 0 Å². The summed E-state index contributed by atoms with van der Waals surface area (Å²) in [6.45, 7) is 1.99. The van der Waals surface area contributed by atoms with Crippen molar-refractivity contribution in [3.8, 4) is 0 Å². The third-order valence-corrected chi connectivity index (χ3v) is 2.96. The van der Waals surface area contributed by atoms with E-state index in [-0.39, 0.29) is 11.7 Å². The first-order valence-corrected chi connectivity index (χ1v) is 5.20. The van der Waals surface area contributed by atoms with Crippen molar-refractivity contribution in [2.75, 3.05) is 0 Å². The summed E-state index contributed by atoms with van der Waals surface area (Å²) in [6.07, 6.45) is 2.34. The number of aryl methyl sites for hydroxylation is 1. The van der Waals surface area contributed by atoms with Crippen LogP contribution < -0.4 is 0 Å². The van der Waals surface area contributed by atoms with Gasteiger partial charge >= 0.3 is 5.97 Å². The molecule has 14 heavy (non-hydrogen) atoms. The van der Waals surface area contributed by atoms with Gasteiger partial charge < -0.3 is 5.11 Å². The summed E-state index contributed by atoms with van der Waals surface area (Å²) in [5, 5.41) is 13.5. The van der Waals surface area contributed by atoms with E-state index in [9.17, 15) is 4.79 Å². The second-order valence-corrected chi connectivity index (χ2v) is 4.43. The Morgan fingerprint density at radius 2 is 2.50 bits per heavy atom. The topological polar surface area (TPSA) is 68.0 Å². The summed E-state index contributed by atoms with van der Waals surface area (Å²) in [7, 11) is 1.82. The second-order valence-electron chi connectivity index (χ2n) is 3.03. The first kappa shape index (κ1) is 11.0. The zero-order valence-corrected chi connectivity index (χ0v) is 8.99. The number of aromatic nitrogens is 3. The predicted molar refractivity (Wildman–Crippen MR) is 53.2 cm³/mol. The molecule has 0 saturated carbocycles. The molecule has 0 radical (unpaired) electrons. The quantitative estimate of drug-likeness (QED) is 0.746. The Labute approximate surface area is 86.5 Å². The Morgan fingerprint density at radius 1 is 1.79 bits per heavy atom. The van der Waals surface area contributed by atoms with Crippen LogP contribution in [-0.4, -0.2) is 31.1 Å². The van der Waals surface area contributed by atoms with Gasteiger partial charge in [-0.15, -0.1) is 0 Å². The van der Waals surface area contributed by atoms with E-state index >= 15 is 0 Å². The Balaban J connectivity index is 2.37. The minimum Gasteiger partial charge on any atom is -0.481 e. The smallest absolute Gasteiger partial charge is 0.303 e. The van der Waals surface area contributed by atoms with Gasteiger partial charge in [0.1, 0.15) is 6.33 Å². The molecule has 0 spiro atoms. The summed E-state index contributed by atoms with van der Waals surface area (Å²) in [5.74, 6) is -0.754. The largest absolute Gasteiger partial charge is 0.481 e. The summed E-state index contributed by atoms with van der Waals surface area (Å²) in [4.78, 5) is 14.4. The molecule has 0 aliphatic rings. The van der Waals surface area contributed by atoms with Gasteiger partial charge in [-0.2, -0.15) is 5.10 Å². The van der Waals surface area contributed by atoms with Crippen LogP contribution in [-0.2, 0) is 11.8 Å². The molecule has 0 saturated heterocycles. The molecule has 1 aromatic heterocycles. The fourth-order valence-corrected chi connectivity index (χ4v) is 1.86. The highest BCUT2D eigenvalue weighted by Gasteiger charge is 2.10. The van der Waals surface area contributed by atoms with Crippen LogP contribution in [0.2, 0.25) is 0 Å². The van der Waals surface area contributed by atoms with Crippen LogP contribution in [0.5, 0.6) is 0 Å². The van der Waals surface area contributed by atoms with Gasteiger partial charge in [0.15, 0.2) is 5.16 Å². The number of carboxylic acid groups (broad SMARTS) is 1. The normalized spacial score (nSPS) is 12.7. The fraction of sp³-hybridized carbons (Fsp3) is 0.625. The number of aliphatic carboxylic acids is 1. The van der Waals surface area contributed by atoms with E-state index in [4.69, 9.17) is 5.11 Å². The van der Waals surface area contributed by atoms with Crippen LogP contribution in [0.3, 0.4) is 0 Å². The van der Waals surface area contributed by atoms with Gasteiger partial charge in [-0.1, -0.05) is 18.7 Å². The van der Waals surface area contributed by atoms with Gasteiger partial charge in [-0.05, 0) is 6.42 Å². The number of thioether (sulfide) groups is 1. The predicted octanol–water partition coefficient (Wildman–Crippen LogP) is 1.16. The lowest BCUT2D eigenvalue weighted by molar-refractivity contribution is -0.137. The Morgan fingerprint density at radius 3 is 3.00 bits per heavy atom. The Hall–Kier alpha value is -1.04. The van der Waals surface area contributed by atoms with Crippen molar-refractivity contribution in [2.24, 2.45) is 7.05 Å². The third-order valence-electron chi connectivity index (χ3n) is 1.74. The average molecular weight is 215 g/mol. The standard InChI is InChI=1S/C8H13N3O2S/c1-6(3-4-7(12)13)14-8-9-5-10-11(8)2/h5-6H,3-4H2,1-2H3,(H,12,13). The Kier molecular flexibility index (Phi) is 3.94. The number of rotatable bonds is 5. The molecule has 1 rings (SSSR count). The van der Waals surface area contributed by atoms with Crippen LogP contribution in [0.4, 0.5) is 0 Å². The lowest BCUT2D eigenvalue weighted by atomic mass is 10.2. The van der Waals surface area contributed by atoms with Crippen LogP contribution in [0.1, 0.15) is 19.8 Å². The molecule has 0 aliphatic carbocycles. The maximum atomic E-state index is 10.3. The van der Waals surface area contributed by atoms with Crippen molar-refractivity contribution in [3.63, 3.8) is 0 Å². The van der Waals surface area contributed by atoms with Crippen LogP contribution in [0.15, 0.2) is 11.5 Å². The number of nitrogens with zero attached hydrogens (tertiary/aromatic N) is 3. The highest BCUT2D eigenvalue weighted by molar-refractivity contribution is 7.99. The van der Waals surface area contributed by atoms with E-state index < -0.39 is 5.97 Å². The van der Waals surface area contributed by atoms with Gasteiger partial charge in [0.25, 0.3) is 0 Å². The zero-order valence-electron chi connectivity index (χ0n) is 8.17. The van der Waals surface area contributed by atoms with E-state index in [0.29, 0.717) is 6.42 Å². The highest BCUT2D eigenvalue weighted by atomic mass is 32.2. The molecule has 1 aromatic rings. The van der Waals surface area contributed by atoms with Crippen molar-refractivity contribution >= 4 is 17.7 Å². The minimum atomic E-state index is -0.754. The lowest BCUT2D eigenvalue weighted by Gasteiger charge is -2.07. The minimum absolute atomic E-state index is 0.200. The molecular weight excluding hydrogens is 202 g/mol. The van der Waals surface area contributed by atoms with E-state index in [1.54, 1.807) is 16.4 Å². The summed E-state index contributed by atoms with van der Waals surface area (Å²) >= 11 is 1.54. The molecule has 0 bridgehead atoms. The molecule has 0 amide bonds. The molecule has 1 heterocycles. The first-order chi connectivity index (χ1) is 6.59. The fourth-order valence-electron chi connectivity index (χ4n) is 0.958. The van der Waals surface area contributed by atoms with Crippen molar-refractivity contribution in [3.05, 3.63) is 6.33 Å². The summed E-state index contributed by atoms with van der Waals surface area (Å²) in [6, 6.07) is 0. The number of carbonyl (C=O) groups is 1. The zero-order chi connectivity index (χ0) is 10.6. The molecule has 1 N–H and O–H groups in total. The monoisotopic (exact) mass is 215 g/mol. The van der Waals surface area contributed by atoms with Crippen molar-refractivity contribution in [1.29, 1.82) is 0 Å². The molecule has 1 unspecified atom stereocenters. The number of carboxylic acids is 1. The number of hydrogen-bond donors (Lipinski definition) is 1. The van der Waals surface area contributed by atoms with E-state index in [0.717, 1.165) is 5.16 Å². The van der Waals surface area contributed by atoms with Gasteiger partial charge in [0.2, 0.25) is 0 Å². The first-order valence-electron chi connectivity index (χ1n) is 4.32. The molecule has 5 nitrogen and oxygen atoms in total. The molecule has 0 aliphatic heterocycles. The third kappa shape index (κ3) is 3.37. The average Bonchev–Trinajstić information content (AvgIpc) is 2.49. The molecule has 0 aromatic carbocycles. The van der Waals surface area contributed by atoms with E-state index in [1.807, 2.05) is 14.0 Å². The van der Waals surface area contributed by atoms with Gasteiger partial charge in [0, 0.05) is 18.7 Å². The summed E-state index contributed by atoms with van der Waals surface area (Å²) < 4.78 is 1.68. The lowest BCUT2D eigenvalue weighted by Crippen LogP contribution is -2.04. The van der Waals surface area contributed by atoms with E-state index in [1.165, 1.54) is 6.33 Å². The van der Waals surface area contributed by atoms with Crippen LogP contribution in [0, 0.1) is 0 Å². The molecule has 0 fully saturated rings. The van der Waals surface area contributed by atoms with Crippen molar-refractivity contribution in [2.45, 2.75) is 30.2 Å².